The fourth-order valence-corrected chi connectivity index (χ4v) is 2.30. The molecule has 2 rings (SSSR count). The highest BCUT2D eigenvalue weighted by atomic mass is 16.5. The maximum absolute atomic E-state index is 9.35. The maximum atomic E-state index is 9.35. The van der Waals surface area contributed by atoms with E-state index in [0.29, 0.717) is 11.5 Å². The van der Waals surface area contributed by atoms with Crippen LogP contribution >= 0.6 is 0 Å². The lowest BCUT2D eigenvalue weighted by Crippen LogP contribution is -2.26. The van der Waals surface area contributed by atoms with Crippen LogP contribution in [0.4, 0.5) is 5.82 Å². The molecule has 0 bridgehead atoms. The van der Waals surface area contributed by atoms with Gasteiger partial charge in [0, 0.05) is 19.2 Å². The molecule has 1 heterocycles. The van der Waals surface area contributed by atoms with Crippen LogP contribution in [0, 0.1) is 11.3 Å². The number of nitrogens with zero attached hydrogens (tertiary/aromatic N) is 5. The van der Waals surface area contributed by atoms with Gasteiger partial charge in [-0.25, -0.2) is 0 Å². The Hall–Kier alpha value is -2.55. The summed E-state index contributed by atoms with van der Waals surface area (Å²) in [6, 6.07) is 9.61. The minimum atomic E-state index is 0.352. The third kappa shape index (κ3) is 3.37. The van der Waals surface area contributed by atoms with E-state index in [-0.39, 0.29) is 0 Å². The third-order valence-corrected chi connectivity index (χ3v) is 3.27. The Kier molecular flexibility index (Phi) is 5.37. The van der Waals surface area contributed by atoms with E-state index in [9.17, 15) is 5.26 Å². The van der Waals surface area contributed by atoms with Crippen molar-refractivity contribution in [1.29, 1.82) is 5.26 Å². The number of rotatable bonds is 7. The summed E-state index contributed by atoms with van der Waals surface area (Å²) in [5, 5.41) is 18.2. The summed E-state index contributed by atoms with van der Waals surface area (Å²) < 4.78 is 5.22. The quantitative estimate of drug-likeness (QED) is 0.786. The minimum absolute atomic E-state index is 0.352. The zero-order valence-electron chi connectivity index (χ0n) is 13.3. The molecule has 0 atom stereocenters. The predicted molar refractivity (Wildman–Crippen MR) is 85.4 cm³/mol. The molecule has 1 aromatic heterocycles. The van der Waals surface area contributed by atoms with Gasteiger partial charge < -0.3 is 9.64 Å². The van der Waals surface area contributed by atoms with Crippen LogP contribution < -0.4 is 9.64 Å². The van der Waals surface area contributed by atoms with Crippen molar-refractivity contribution in [3.05, 3.63) is 30.0 Å². The molecule has 0 aliphatic carbocycles. The van der Waals surface area contributed by atoms with Gasteiger partial charge in [-0.1, -0.05) is 19.9 Å². The summed E-state index contributed by atoms with van der Waals surface area (Å²) in [6.07, 6.45) is 1.99. The van der Waals surface area contributed by atoms with Gasteiger partial charge in [-0.2, -0.15) is 5.26 Å². The topological polar surface area (TPSA) is 67.0 Å². The molecule has 0 amide bonds. The fraction of sp³-hybridized carbons (Fsp3) is 0.438. The Bertz CT molecular complexity index is 653. The second-order valence-electron chi connectivity index (χ2n) is 4.96. The minimum Gasteiger partial charge on any atom is -0.497 e. The first-order valence-corrected chi connectivity index (χ1v) is 7.50. The molecular weight excluding hydrogens is 278 g/mol. The van der Waals surface area contributed by atoms with Crippen LogP contribution in [0.25, 0.3) is 5.69 Å². The molecular formula is C16H21N5O. The Balaban J connectivity index is 2.41. The predicted octanol–water partition coefficient (Wildman–Crippen LogP) is 2.77. The second-order valence-corrected chi connectivity index (χ2v) is 4.96. The Morgan fingerprint density at radius 3 is 2.55 bits per heavy atom. The molecule has 0 fully saturated rings. The van der Waals surface area contributed by atoms with E-state index in [2.05, 4.69) is 35.0 Å². The monoisotopic (exact) mass is 299 g/mol. The number of aromatic nitrogens is 3. The first-order valence-electron chi connectivity index (χ1n) is 7.50. The molecule has 0 aliphatic heterocycles. The lowest BCUT2D eigenvalue weighted by atomic mass is 10.3. The third-order valence-electron chi connectivity index (χ3n) is 3.27. The van der Waals surface area contributed by atoms with Crippen molar-refractivity contribution in [2.24, 2.45) is 0 Å². The van der Waals surface area contributed by atoms with E-state index < -0.39 is 0 Å². The Labute approximate surface area is 130 Å². The van der Waals surface area contributed by atoms with Crippen molar-refractivity contribution in [3.63, 3.8) is 0 Å². The largest absolute Gasteiger partial charge is 0.497 e. The van der Waals surface area contributed by atoms with Gasteiger partial charge in [0.05, 0.1) is 12.8 Å². The summed E-state index contributed by atoms with van der Waals surface area (Å²) >= 11 is 0. The molecule has 0 spiro atoms. The molecule has 6 nitrogen and oxygen atoms in total. The SMILES string of the molecule is CCCN(CCC)c1nn(-c2cccc(OC)c2)nc1C#N. The maximum Gasteiger partial charge on any atom is 0.207 e. The number of anilines is 1. The number of benzene rings is 1. The van der Waals surface area contributed by atoms with Crippen LogP contribution in [0.3, 0.4) is 0 Å². The molecule has 6 heteroatoms. The molecule has 0 aliphatic rings. The van der Waals surface area contributed by atoms with Crippen molar-refractivity contribution < 1.29 is 4.74 Å². The highest BCUT2D eigenvalue weighted by molar-refractivity contribution is 5.50. The fourth-order valence-electron chi connectivity index (χ4n) is 2.30. The van der Waals surface area contributed by atoms with E-state index >= 15 is 0 Å². The van der Waals surface area contributed by atoms with Crippen molar-refractivity contribution in [3.8, 4) is 17.5 Å². The number of nitriles is 1. The second kappa shape index (κ2) is 7.46. The van der Waals surface area contributed by atoms with E-state index in [0.717, 1.165) is 37.4 Å². The summed E-state index contributed by atoms with van der Waals surface area (Å²) in [4.78, 5) is 3.61. The van der Waals surface area contributed by atoms with Gasteiger partial charge in [-0.05, 0) is 25.0 Å². The van der Waals surface area contributed by atoms with Crippen molar-refractivity contribution >= 4 is 5.82 Å². The van der Waals surface area contributed by atoms with Crippen LogP contribution in [0.2, 0.25) is 0 Å². The van der Waals surface area contributed by atoms with Crippen LogP contribution in [0.1, 0.15) is 32.4 Å². The highest BCUT2D eigenvalue weighted by Gasteiger charge is 2.17. The summed E-state index contributed by atoms with van der Waals surface area (Å²) in [6.45, 7) is 5.95. The van der Waals surface area contributed by atoms with Gasteiger partial charge in [-0.15, -0.1) is 15.0 Å². The molecule has 0 unspecified atom stereocenters. The number of hydrogen-bond donors (Lipinski definition) is 0. The van der Waals surface area contributed by atoms with E-state index in [1.54, 1.807) is 7.11 Å². The van der Waals surface area contributed by atoms with Gasteiger partial charge in [0.1, 0.15) is 11.8 Å². The molecule has 116 valence electrons. The Morgan fingerprint density at radius 1 is 1.23 bits per heavy atom. The van der Waals surface area contributed by atoms with Crippen LogP contribution in [-0.2, 0) is 0 Å². The van der Waals surface area contributed by atoms with Gasteiger partial charge in [0.15, 0.2) is 5.82 Å². The number of hydrogen-bond acceptors (Lipinski definition) is 5. The van der Waals surface area contributed by atoms with Gasteiger partial charge in [0.25, 0.3) is 0 Å². The molecule has 0 saturated carbocycles. The summed E-state index contributed by atoms with van der Waals surface area (Å²) in [5.74, 6) is 1.38. The van der Waals surface area contributed by atoms with Crippen LogP contribution in [-0.4, -0.2) is 35.2 Å². The van der Waals surface area contributed by atoms with Crippen molar-refractivity contribution in [2.45, 2.75) is 26.7 Å². The van der Waals surface area contributed by atoms with Gasteiger partial charge in [0.2, 0.25) is 5.69 Å². The molecule has 2 aromatic rings. The Morgan fingerprint density at radius 2 is 1.95 bits per heavy atom. The average Bonchev–Trinajstić information content (AvgIpc) is 2.99. The standard InChI is InChI=1S/C16H21N5O/c1-4-9-20(10-5-2)16-15(12-17)18-21(19-16)13-7-6-8-14(11-13)22-3/h6-8,11H,4-5,9-10H2,1-3H3. The summed E-state index contributed by atoms with van der Waals surface area (Å²) in [5.41, 5.74) is 1.12. The van der Waals surface area contributed by atoms with Crippen LogP contribution in [0.15, 0.2) is 24.3 Å². The van der Waals surface area contributed by atoms with E-state index in [1.165, 1.54) is 4.80 Å². The van der Waals surface area contributed by atoms with Crippen LogP contribution in [0.5, 0.6) is 5.75 Å². The summed E-state index contributed by atoms with van der Waals surface area (Å²) in [7, 11) is 1.62. The normalized spacial score (nSPS) is 10.3. The van der Waals surface area contributed by atoms with Crippen molar-refractivity contribution in [2.75, 3.05) is 25.1 Å². The zero-order chi connectivity index (χ0) is 15.9. The first-order chi connectivity index (χ1) is 10.7. The number of ether oxygens (including phenoxy) is 1. The van der Waals surface area contributed by atoms with Gasteiger partial charge in [-0.3, -0.25) is 0 Å². The van der Waals surface area contributed by atoms with Crippen molar-refractivity contribution in [1.82, 2.24) is 15.0 Å². The molecule has 0 saturated heterocycles. The first kappa shape index (κ1) is 15.8. The highest BCUT2D eigenvalue weighted by Crippen LogP contribution is 2.20. The average molecular weight is 299 g/mol. The molecule has 0 N–H and O–H groups in total. The smallest absolute Gasteiger partial charge is 0.207 e. The lowest BCUT2D eigenvalue weighted by Gasteiger charge is -2.20. The molecule has 1 aromatic carbocycles. The van der Waals surface area contributed by atoms with E-state index in [4.69, 9.17) is 4.74 Å². The van der Waals surface area contributed by atoms with E-state index in [1.807, 2.05) is 24.3 Å². The zero-order valence-corrected chi connectivity index (χ0v) is 13.3. The molecule has 0 radical (unpaired) electrons. The van der Waals surface area contributed by atoms with Gasteiger partial charge >= 0.3 is 0 Å². The number of methoxy groups -OCH3 is 1. The lowest BCUT2D eigenvalue weighted by molar-refractivity contribution is 0.414. The molecule has 22 heavy (non-hydrogen) atoms.